The molecule has 1 unspecified atom stereocenters. The number of nitrogens with zero attached hydrogens (tertiary/aromatic N) is 5. The van der Waals surface area contributed by atoms with Gasteiger partial charge in [0.05, 0.1) is 5.69 Å². The van der Waals surface area contributed by atoms with Gasteiger partial charge in [-0.1, -0.05) is 0 Å². The summed E-state index contributed by atoms with van der Waals surface area (Å²) in [5.41, 5.74) is 7.52. The van der Waals surface area contributed by atoms with E-state index in [2.05, 4.69) is 15.0 Å². The van der Waals surface area contributed by atoms with Crippen LogP contribution in [0.1, 0.15) is 6.23 Å². The highest BCUT2D eigenvalue weighted by Crippen LogP contribution is 2.57. The fourth-order valence-electron chi connectivity index (χ4n) is 3.58. The fourth-order valence-corrected chi connectivity index (χ4v) is 5.01. The lowest BCUT2D eigenvalue weighted by molar-refractivity contribution is -0.229. The summed E-state index contributed by atoms with van der Waals surface area (Å²) >= 11 is 4.80. The number of imidazole rings is 1. The lowest BCUT2D eigenvalue weighted by Gasteiger charge is -2.40. The lowest BCUT2D eigenvalue weighted by atomic mass is 10.1. The van der Waals surface area contributed by atoms with Crippen molar-refractivity contribution in [3.8, 4) is 11.5 Å². The molecular formula is C15H16N6O5PS-. The van der Waals surface area contributed by atoms with Gasteiger partial charge in [0.25, 0.3) is 0 Å². The third kappa shape index (κ3) is 2.72. The van der Waals surface area contributed by atoms with Gasteiger partial charge in [-0.3, -0.25) is 4.57 Å². The van der Waals surface area contributed by atoms with Crippen molar-refractivity contribution in [3.63, 3.8) is 0 Å². The minimum atomic E-state index is -3.65. The number of rotatable bonds is 2. The molecule has 0 radical (unpaired) electrons. The molecule has 0 saturated carbocycles. The quantitative estimate of drug-likeness (QED) is 0.415. The van der Waals surface area contributed by atoms with Crippen LogP contribution < -0.4 is 10.6 Å². The highest BCUT2D eigenvalue weighted by atomic mass is 32.7. The Labute approximate surface area is 164 Å². The van der Waals surface area contributed by atoms with Crippen LogP contribution in [0.3, 0.4) is 0 Å². The molecule has 0 spiro atoms. The fraction of sp³-hybridized carbons (Fsp3) is 0.400. The largest absolute Gasteiger partial charge is 0.648 e. The van der Waals surface area contributed by atoms with Gasteiger partial charge in [-0.25, -0.2) is 24.0 Å². The number of nitrogen functional groups attached to an aromatic ring is 1. The standard InChI is InChI=1S/C15H17N6O5PS/c1-20-4-2-3-7(20)13-19-9-12(16)17-6-18-14(9)21(13)15-10(22)11-8(25-15)5-24-27(23,28)26-11/h2-4,6,8,10-11,15,22H,5H2,1H3,(H,23,28)(H2,16,17,18)/p-1/t8-,10-,11-,15-,27?/m1/s1. The van der Waals surface area contributed by atoms with Crippen LogP contribution in [0, 0.1) is 0 Å². The summed E-state index contributed by atoms with van der Waals surface area (Å²) in [6, 6.07) is 3.73. The highest BCUT2D eigenvalue weighted by Gasteiger charge is 2.53. The second-order valence-electron chi connectivity index (χ2n) is 6.61. The van der Waals surface area contributed by atoms with Crippen LogP contribution in [0.4, 0.5) is 5.82 Å². The van der Waals surface area contributed by atoms with E-state index in [1.807, 2.05) is 29.9 Å². The number of nitrogens with two attached hydrogens (primary N) is 1. The Balaban J connectivity index is 1.67. The van der Waals surface area contributed by atoms with E-state index < -0.39 is 31.7 Å². The molecule has 148 valence electrons. The van der Waals surface area contributed by atoms with Crippen molar-refractivity contribution in [2.24, 2.45) is 7.05 Å². The zero-order valence-corrected chi connectivity index (χ0v) is 16.3. The van der Waals surface area contributed by atoms with Gasteiger partial charge in [-0.2, -0.15) is 0 Å². The molecule has 2 fully saturated rings. The smallest absolute Gasteiger partial charge is 0.168 e. The summed E-state index contributed by atoms with van der Waals surface area (Å²) in [5, 5.41) is 10.9. The minimum Gasteiger partial charge on any atom is -0.648 e. The van der Waals surface area contributed by atoms with Crippen molar-refractivity contribution in [1.82, 2.24) is 24.1 Å². The molecule has 0 bridgehead atoms. The SMILES string of the molecule is Cn1cccc1-c1nc2c(N)ncnc2n1[C@@H]1O[C@@H]2CO[P+]([O-])([S-])O[C@H]2[C@H]1O. The summed E-state index contributed by atoms with van der Waals surface area (Å²) in [7, 11) is -1.79. The molecule has 3 aromatic heterocycles. The topological polar surface area (TPSA) is 146 Å². The van der Waals surface area contributed by atoms with Crippen LogP contribution in [0.2, 0.25) is 0 Å². The molecule has 0 amide bonds. The Morgan fingerprint density at radius 2 is 2.25 bits per heavy atom. The molecule has 2 saturated heterocycles. The van der Waals surface area contributed by atoms with E-state index >= 15 is 0 Å². The average Bonchev–Trinajstić information content (AvgIpc) is 3.31. The maximum Gasteiger partial charge on any atom is 0.168 e. The number of anilines is 1. The first-order chi connectivity index (χ1) is 13.4. The van der Waals surface area contributed by atoms with Crippen LogP contribution in [0.5, 0.6) is 0 Å². The summed E-state index contributed by atoms with van der Waals surface area (Å²) in [4.78, 5) is 24.9. The minimum absolute atomic E-state index is 0.0394. The van der Waals surface area contributed by atoms with Gasteiger partial charge in [0.1, 0.15) is 32.3 Å². The first-order valence-corrected chi connectivity index (χ1v) is 11.0. The van der Waals surface area contributed by atoms with E-state index in [-0.39, 0.29) is 12.4 Å². The third-order valence-electron chi connectivity index (χ3n) is 4.89. The van der Waals surface area contributed by atoms with Crippen molar-refractivity contribution < 1.29 is 23.8 Å². The number of aliphatic hydroxyl groups excluding tert-OH is 1. The number of hydrogen-bond acceptors (Lipinski definition) is 10. The van der Waals surface area contributed by atoms with E-state index in [1.54, 1.807) is 4.57 Å². The monoisotopic (exact) mass is 423 g/mol. The summed E-state index contributed by atoms with van der Waals surface area (Å²) in [6.45, 7) is -0.0394. The molecule has 0 aliphatic carbocycles. The van der Waals surface area contributed by atoms with Crippen molar-refractivity contribution >= 4 is 36.4 Å². The van der Waals surface area contributed by atoms with Gasteiger partial charge in [-0.05, 0) is 12.1 Å². The number of hydrogen-bond donors (Lipinski definition) is 2. The van der Waals surface area contributed by atoms with Crippen LogP contribution in [0.25, 0.3) is 22.7 Å². The molecule has 5 heterocycles. The maximum atomic E-state index is 12.0. The zero-order valence-electron chi connectivity index (χ0n) is 14.6. The van der Waals surface area contributed by atoms with Gasteiger partial charge < -0.3 is 37.3 Å². The molecule has 2 aliphatic heterocycles. The van der Waals surface area contributed by atoms with Gasteiger partial charge in [0.15, 0.2) is 35.1 Å². The molecule has 3 N–H and O–H groups in total. The van der Waals surface area contributed by atoms with Gasteiger partial charge in [-0.15, -0.1) is 0 Å². The molecule has 2 aliphatic rings. The third-order valence-corrected chi connectivity index (χ3v) is 6.43. The average molecular weight is 423 g/mol. The Hall–Kier alpha value is -1.79. The van der Waals surface area contributed by atoms with Gasteiger partial charge in [0.2, 0.25) is 0 Å². The molecule has 11 nitrogen and oxygen atoms in total. The lowest BCUT2D eigenvalue weighted by Crippen LogP contribution is -2.42. The van der Waals surface area contributed by atoms with E-state index in [4.69, 9.17) is 31.8 Å². The second kappa shape index (κ2) is 6.36. The molecule has 5 atom stereocenters. The number of aliphatic hydroxyl groups is 1. The Kier molecular flexibility index (Phi) is 4.14. The van der Waals surface area contributed by atoms with Crippen molar-refractivity contribution in [1.29, 1.82) is 0 Å². The summed E-state index contributed by atoms with van der Waals surface area (Å²) < 4.78 is 19.9. The van der Waals surface area contributed by atoms with Crippen molar-refractivity contribution in [2.75, 3.05) is 12.3 Å². The Bertz CT molecular complexity index is 1060. The van der Waals surface area contributed by atoms with Gasteiger partial charge >= 0.3 is 0 Å². The van der Waals surface area contributed by atoms with Crippen molar-refractivity contribution in [2.45, 2.75) is 24.5 Å². The second-order valence-corrected chi connectivity index (χ2v) is 9.31. The Morgan fingerprint density at radius 3 is 3.00 bits per heavy atom. The van der Waals surface area contributed by atoms with Crippen LogP contribution in [0.15, 0.2) is 24.7 Å². The number of ether oxygens (including phenoxy) is 1. The van der Waals surface area contributed by atoms with Gasteiger partial charge in [0, 0.05) is 13.2 Å². The van der Waals surface area contributed by atoms with E-state index in [9.17, 15) is 10.00 Å². The normalized spacial score (nSPS) is 32.7. The maximum absolute atomic E-state index is 12.0. The van der Waals surface area contributed by atoms with Crippen LogP contribution in [-0.2, 0) is 33.1 Å². The molecule has 28 heavy (non-hydrogen) atoms. The zero-order chi connectivity index (χ0) is 19.6. The van der Waals surface area contributed by atoms with E-state index in [0.29, 0.717) is 17.0 Å². The molecular weight excluding hydrogens is 407 g/mol. The van der Waals surface area contributed by atoms with E-state index in [0.717, 1.165) is 5.69 Å². The Morgan fingerprint density at radius 1 is 1.43 bits per heavy atom. The predicted octanol–water partition coefficient (Wildman–Crippen LogP) is -0.328. The molecule has 0 aromatic carbocycles. The molecule has 13 heteroatoms. The highest BCUT2D eigenvalue weighted by molar-refractivity contribution is 8.34. The van der Waals surface area contributed by atoms with E-state index in [1.165, 1.54) is 6.33 Å². The van der Waals surface area contributed by atoms with Crippen LogP contribution in [-0.4, -0.2) is 54.1 Å². The first kappa shape index (κ1) is 18.3. The summed E-state index contributed by atoms with van der Waals surface area (Å²) in [5.74, 6) is 0.693. The molecule has 3 aromatic rings. The number of aromatic nitrogens is 5. The molecule has 5 rings (SSSR count). The van der Waals surface area contributed by atoms with Crippen LogP contribution >= 0.6 is 7.15 Å². The number of aryl methyl sites for hydroxylation is 1. The predicted molar refractivity (Wildman–Crippen MR) is 99.2 cm³/mol. The van der Waals surface area contributed by atoms with Crippen molar-refractivity contribution in [3.05, 3.63) is 24.7 Å². The first-order valence-electron chi connectivity index (χ1n) is 8.43. The summed E-state index contributed by atoms with van der Waals surface area (Å²) in [6.07, 6.45) is -0.433. The number of fused-ring (bicyclic) bond motifs is 2.